The monoisotopic (exact) mass is 1340 g/mol. The molecule has 3 heterocycles. The molecule has 0 saturated carbocycles. The number of hydrogen-bond acceptors (Lipinski definition) is 5. The summed E-state index contributed by atoms with van der Waals surface area (Å²) in [6.07, 6.45) is 0. The van der Waals surface area contributed by atoms with Crippen LogP contribution < -0.4 is 4.74 Å². The van der Waals surface area contributed by atoms with Crippen LogP contribution in [0.25, 0.3) is 94.4 Å². The number of ether oxygens (including phenoxy) is 1. The number of aryl methyl sites for hydroxylation is 1. The quantitative estimate of drug-likeness (QED) is 0.159. The van der Waals surface area contributed by atoms with Gasteiger partial charge < -0.3 is 4.74 Å². The maximum absolute atomic E-state index is 5.88. The molecule has 0 atom stereocenters. The van der Waals surface area contributed by atoms with Gasteiger partial charge >= 0.3 is 0 Å². The van der Waals surface area contributed by atoms with E-state index in [1.807, 2.05) is 6.92 Å². The molecule has 82 heavy (non-hydrogen) atoms. The Morgan fingerprint density at radius 1 is 0.402 bits per heavy atom. The van der Waals surface area contributed by atoms with Crippen LogP contribution in [0.1, 0.15) is 111 Å². The lowest BCUT2D eigenvalue weighted by Crippen LogP contribution is -2.19. The number of fused-ring (bicyclic) bond motifs is 3. The molecule has 0 aliphatic heterocycles. The van der Waals surface area contributed by atoms with Crippen LogP contribution in [0, 0.1) is 6.92 Å². The zero-order valence-electron chi connectivity index (χ0n) is 49.2. The van der Waals surface area contributed by atoms with Gasteiger partial charge in [0, 0.05) is 40.9 Å². The fourth-order valence-electron chi connectivity index (χ4n) is 10.3. The zero-order valence-corrected chi connectivity index (χ0v) is 55.6. The number of halogens is 4. The second-order valence-electron chi connectivity index (χ2n) is 25.5. The predicted molar refractivity (Wildman–Crippen MR) is 360 cm³/mol. The molecular formula is C72H69Br4N5O. The van der Waals surface area contributed by atoms with Crippen LogP contribution in [0.15, 0.2) is 182 Å². The summed E-state index contributed by atoms with van der Waals surface area (Å²) in [5, 5.41) is 11.8. The Bertz CT molecular complexity index is 4010. The van der Waals surface area contributed by atoms with Gasteiger partial charge in [-0.2, -0.15) is 0 Å². The first-order chi connectivity index (χ1) is 38.6. The summed E-state index contributed by atoms with van der Waals surface area (Å²) in [5.41, 5.74) is 21.7. The van der Waals surface area contributed by atoms with Crippen LogP contribution >= 0.6 is 63.7 Å². The number of aromatic nitrogens is 5. The Labute approximate surface area is 517 Å². The lowest BCUT2D eigenvalue weighted by atomic mass is 9.79. The van der Waals surface area contributed by atoms with E-state index < -0.39 is 0 Å². The van der Waals surface area contributed by atoms with E-state index in [-0.39, 0.29) is 21.7 Å². The average Bonchev–Trinajstić information content (AvgIpc) is 2.46. The number of benzene rings is 8. The van der Waals surface area contributed by atoms with Gasteiger partial charge in [-0.05, 0) is 189 Å². The van der Waals surface area contributed by atoms with E-state index in [1.165, 1.54) is 38.9 Å². The van der Waals surface area contributed by atoms with Crippen molar-refractivity contribution < 1.29 is 4.74 Å². The molecule has 0 saturated heterocycles. The summed E-state index contributed by atoms with van der Waals surface area (Å²) in [5.74, 6) is 0.810. The van der Waals surface area contributed by atoms with E-state index in [0.717, 1.165) is 107 Å². The molecule has 0 spiro atoms. The number of methoxy groups -OCH3 is 1. The SMILES string of the molecule is CC(C)(C)c1ccc(-c2cc(-c3ccc(Br)cc3)nc3ccc(-c4ccc5nc(-c6ccc(Br)cc6)cc(-c6ccc(C(C)(C)C)cc6)c5c4)cc23)cc1.COc1c(-n2nc3c(Br)cc(C)c(Br)c3n2)cc(C(C)(C)C)cc1C(C)(C)C. The van der Waals surface area contributed by atoms with E-state index in [4.69, 9.17) is 24.9 Å². The number of hydrogen-bond donors (Lipinski definition) is 0. The fourth-order valence-corrected chi connectivity index (χ4v) is 11.8. The maximum Gasteiger partial charge on any atom is 0.150 e. The fraction of sp³-hybridized carbons (Fsp3) is 0.250. The van der Waals surface area contributed by atoms with Crippen molar-refractivity contribution in [1.29, 1.82) is 0 Å². The lowest BCUT2D eigenvalue weighted by Gasteiger charge is -2.28. The molecule has 0 radical (unpaired) electrons. The normalized spacial score (nSPS) is 12.3. The van der Waals surface area contributed by atoms with Gasteiger partial charge in [0.1, 0.15) is 22.5 Å². The predicted octanol–water partition coefficient (Wildman–Crippen LogP) is 22.1. The minimum Gasteiger partial charge on any atom is -0.494 e. The van der Waals surface area contributed by atoms with Gasteiger partial charge in [0.15, 0.2) is 0 Å². The second kappa shape index (κ2) is 22.7. The minimum atomic E-state index is -0.0777. The molecule has 10 heteroatoms. The molecule has 3 aromatic heterocycles. The minimum absolute atomic E-state index is 0.00858. The highest BCUT2D eigenvalue weighted by atomic mass is 79.9. The van der Waals surface area contributed by atoms with E-state index >= 15 is 0 Å². The molecule has 0 bridgehead atoms. The Morgan fingerprint density at radius 3 is 1.21 bits per heavy atom. The molecule has 0 amide bonds. The maximum atomic E-state index is 5.88. The van der Waals surface area contributed by atoms with Crippen molar-refractivity contribution in [3.05, 3.63) is 210 Å². The van der Waals surface area contributed by atoms with E-state index in [1.54, 1.807) is 11.9 Å². The third-order valence-electron chi connectivity index (χ3n) is 15.3. The van der Waals surface area contributed by atoms with Gasteiger partial charge in [0.05, 0.1) is 34.0 Å². The van der Waals surface area contributed by atoms with Crippen LogP contribution in [-0.4, -0.2) is 32.1 Å². The molecule has 8 aromatic carbocycles. The summed E-state index contributed by atoms with van der Waals surface area (Å²) in [4.78, 5) is 12.1. The van der Waals surface area contributed by atoms with Crippen molar-refractivity contribution in [2.45, 2.75) is 112 Å². The molecule has 6 nitrogen and oxygen atoms in total. The molecule has 416 valence electrons. The van der Waals surface area contributed by atoms with Crippen molar-refractivity contribution in [2.75, 3.05) is 7.11 Å². The molecule has 0 aliphatic carbocycles. The Balaban J connectivity index is 0.000000226. The second-order valence-corrected chi connectivity index (χ2v) is 29.0. The van der Waals surface area contributed by atoms with Crippen molar-refractivity contribution in [3.63, 3.8) is 0 Å². The van der Waals surface area contributed by atoms with Gasteiger partial charge in [-0.25, -0.2) is 9.97 Å². The van der Waals surface area contributed by atoms with E-state index in [2.05, 4.69) is 311 Å². The Hall–Kier alpha value is -6.30. The van der Waals surface area contributed by atoms with Crippen molar-refractivity contribution in [2.24, 2.45) is 0 Å². The first-order valence-electron chi connectivity index (χ1n) is 27.7. The first kappa shape index (κ1) is 58.9. The number of nitrogens with zero attached hydrogens (tertiary/aromatic N) is 5. The molecule has 0 aliphatic rings. The van der Waals surface area contributed by atoms with Gasteiger partial charge in [-0.15, -0.1) is 15.0 Å². The summed E-state index contributed by atoms with van der Waals surface area (Å²) in [7, 11) is 1.71. The molecule has 0 unspecified atom stereocenters. The number of rotatable bonds is 7. The summed E-state index contributed by atoms with van der Waals surface area (Å²) in [6.45, 7) is 28.8. The Morgan fingerprint density at radius 2 is 0.805 bits per heavy atom. The molecule has 0 N–H and O–H groups in total. The van der Waals surface area contributed by atoms with Gasteiger partial charge in [-0.3, -0.25) is 0 Å². The van der Waals surface area contributed by atoms with E-state index in [9.17, 15) is 0 Å². The molecule has 11 rings (SSSR count). The molecule has 0 fully saturated rings. The van der Waals surface area contributed by atoms with E-state index in [0.29, 0.717) is 0 Å². The van der Waals surface area contributed by atoms with Crippen LogP contribution in [-0.2, 0) is 21.7 Å². The van der Waals surface area contributed by atoms with Gasteiger partial charge in [0.2, 0.25) is 0 Å². The van der Waals surface area contributed by atoms with Crippen molar-refractivity contribution in [1.82, 2.24) is 25.0 Å². The van der Waals surface area contributed by atoms with Gasteiger partial charge in [0.25, 0.3) is 0 Å². The topological polar surface area (TPSA) is 65.7 Å². The summed E-state index contributed by atoms with van der Waals surface area (Å²) >= 11 is 14.5. The summed E-state index contributed by atoms with van der Waals surface area (Å²) in [6, 6.07) is 59.2. The van der Waals surface area contributed by atoms with Crippen LogP contribution in [0.2, 0.25) is 0 Å². The highest BCUT2D eigenvalue weighted by molar-refractivity contribution is 9.11. The third-order valence-corrected chi connectivity index (χ3v) is 17.9. The van der Waals surface area contributed by atoms with Crippen LogP contribution in [0.4, 0.5) is 0 Å². The first-order valence-corrected chi connectivity index (χ1v) is 30.9. The number of pyridine rings is 2. The van der Waals surface area contributed by atoms with Crippen molar-refractivity contribution in [3.8, 4) is 67.3 Å². The van der Waals surface area contributed by atoms with Gasteiger partial charge in [-0.1, -0.05) is 206 Å². The highest BCUT2D eigenvalue weighted by Crippen LogP contribution is 2.43. The highest BCUT2D eigenvalue weighted by Gasteiger charge is 2.28. The van der Waals surface area contributed by atoms with Crippen LogP contribution in [0.5, 0.6) is 5.75 Å². The zero-order chi connectivity index (χ0) is 58.8. The largest absolute Gasteiger partial charge is 0.494 e. The third kappa shape index (κ3) is 12.3. The Kier molecular flexibility index (Phi) is 16.3. The average molecular weight is 1340 g/mol. The van der Waals surface area contributed by atoms with Crippen LogP contribution in [0.3, 0.4) is 0 Å². The standard InChI is InChI=1S/C50H42Br2N2.C22H27Br2N3O/c1-49(2,3)37-17-7-31(8-18-37)41-29-47(33-11-21-39(51)22-12-33)53-45-25-15-35(27-43(41)45)36-16-26-46-44(28-36)42(32-9-19-38(20-10-32)50(4,5)6)30-48(54-46)34-13-23-40(52)24-14-34;1-12-9-15(23)18-19(17(12)24)26-27(25-18)16-11-13(21(2,3)4)10-14(20(16)28-8)22(5,6)7/h7-30H,1-6H3;9-11H,1-8H3. The smallest absolute Gasteiger partial charge is 0.150 e. The molecule has 11 aromatic rings. The molecular weight excluding hydrogens is 1270 g/mol. The lowest BCUT2D eigenvalue weighted by molar-refractivity contribution is 0.392. The summed E-state index contributed by atoms with van der Waals surface area (Å²) < 4.78 is 9.87. The van der Waals surface area contributed by atoms with Crippen molar-refractivity contribution >= 4 is 96.6 Å².